The van der Waals surface area contributed by atoms with Crippen LogP contribution in [0.4, 0.5) is 4.79 Å². The summed E-state index contributed by atoms with van der Waals surface area (Å²) in [6, 6.07) is 0.615. The second-order valence-electron chi connectivity index (χ2n) is 7.88. The van der Waals surface area contributed by atoms with Gasteiger partial charge in [-0.25, -0.2) is 4.79 Å². The Morgan fingerprint density at radius 3 is 2.32 bits per heavy atom. The molecule has 2 fully saturated rings. The van der Waals surface area contributed by atoms with Crippen molar-refractivity contribution in [2.24, 2.45) is 0 Å². The van der Waals surface area contributed by atoms with E-state index in [9.17, 15) is 4.79 Å². The molecule has 2 atom stereocenters. The second kappa shape index (κ2) is 7.98. The van der Waals surface area contributed by atoms with Crippen LogP contribution in [-0.2, 0) is 4.74 Å². The van der Waals surface area contributed by atoms with E-state index < -0.39 is 5.60 Å². The number of piperazine rings is 1. The number of rotatable bonds is 4. The normalized spacial score (nSPS) is 25.0. The smallest absolute Gasteiger partial charge is 0.410 e. The van der Waals surface area contributed by atoms with Crippen LogP contribution in [0.15, 0.2) is 34.0 Å². The first-order valence-electron chi connectivity index (χ1n) is 9.12. The summed E-state index contributed by atoms with van der Waals surface area (Å²) >= 11 is 3.63. The van der Waals surface area contributed by atoms with Crippen molar-refractivity contribution in [3.8, 4) is 0 Å². The summed E-state index contributed by atoms with van der Waals surface area (Å²) in [6.45, 7) is 13.8. The third-order valence-electron chi connectivity index (χ3n) is 4.75. The molecule has 1 amide bonds. The molecule has 5 heteroatoms. The van der Waals surface area contributed by atoms with Crippen LogP contribution in [0.25, 0.3) is 0 Å². The van der Waals surface area contributed by atoms with Crippen LogP contribution in [0.2, 0.25) is 0 Å². The van der Waals surface area contributed by atoms with E-state index in [1.54, 1.807) is 0 Å². The minimum absolute atomic E-state index is 0.178. The molecule has 140 valence electrons. The molecule has 2 saturated heterocycles. The van der Waals surface area contributed by atoms with Gasteiger partial charge in [-0.2, -0.15) is 0 Å². The SMILES string of the molecule is CC=CC(Br)=CC(=C(C)CC)N1CC2CC1CN2C(=O)OC(C)(C)C. The highest BCUT2D eigenvalue weighted by molar-refractivity contribution is 9.11. The monoisotopic (exact) mass is 410 g/mol. The van der Waals surface area contributed by atoms with E-state index in [2.05, 4.69) is 46.8 Å². The standard InChI is InChI=1S/C20H31BrN2O2/c1-7-9-15(21)10-18(14(3)8-2)22-12-17-11-16(22)13-23(17)19(24)25-20(4,5)6/h7,9-10,16-17H,8,11-13H2,1-6H3. The highest BCUT2D eigenvalue weighted by Crippen LogP contribution is 2.36. The number of amides is 1. The van der Waals surface area contributed by atoms with Crippen LogP contribution in [0.3, 0.4) is 0 Å². The molecule has 0 radical (unpaired) electrons. The van der Waals surface area contributed by atoms with Gasteiger partial charge in [0.25, 0.3) is 0 Å². The molecule has 2 rings (SSSR count). The Kier molecular flexibility index (Phi) is 6.41. The fourth-order valence-electron chi connectivity index (χ4n) is 3.48. The van der Waals surface area contributed by atoms with E-state index in [4.69, 9.17) is 4.74 Å². The van der Waals surface area contributed by atoms with Gasteiger partial charge in [-0.1, -0.05) is 40.6 Å². The number of hydrogen-bond acceptors (Lipinski definition) is 3. The molecule has 2 unspecified atom stereocenters. The van der Waals surface area contributed by atoms with E-state index in [-0.39, 0.29) is 12.1 Å². The lowest BCUT2D eigenvalue weighted by Gasteiger charge is -2.37. The van der Waals surface area contributed by atoms with Gasteiger partial charge in [0.15, 0.2) is 0 Å². The number of carbonyl (C=O) groups excluding carboxylic acids is 1. The second-order valence-corrected chi connectivity index (χ2v) is 8.79. The molecule has 0 aromatic heterocycles. The zero-order chi connectivity index (χ0) is 18.8. The van der Waals surface area contributed by atoms with Gasteiger partial charge in [0.1, 0.15) is 5.60 Å². The van der Waals surface area contributed by atoms with Gasteiger partial charge in [0.2, 0.25) is 0 Å². The summed E-state index contributed by atoms with van der Waals surface area (Å²) in [6.07, 6.45) is 8.16. The van der Waals surface area contributed by atoms with E-state index in [1.807, 2.05) is 38.7 Å². The Bertz CT molecular complexity index is 601. The lowest BCUT2D eigenvalue weighted by molar-refractivity contribution is 0.0153. The Labute approximate surface area is 160 Å². The largest absolute Gasteiger partial charge is 0.444 e. The van der Waals surface area contributed by atoms with Crippen LogP contribution in [-0.4, -0.2) is 46.7 Å². The Morgan fingerprint density at radius 1 is 1.24 bits per heavy atom. The summed E-state index contributed by atoms with van der Waals surface area (Å²) in [5.41, 5.74) is 2.21. The number of likely N-dealkylation sites (tertiary alicyclic amines) is 2. The molecule has 2 bridgehead atoms. The molecule has 25 heavy (non-hydrogen) atoms. The Hall–Kier alpha value is -1.23. The van der Waals surface area contributed by atoms with E-state index in [0.29, 0.717) is 6.04 Å². The van der Waals surface area contributed by atoms with Gasteiger partial charge in [0.05, 0.1) is 6.04 Å². The molecule has 2 aliphatic rings. The Balaban J connectivity index is 2.15. The van der Waals surface area contributed by atoms with Crippen molar-refractivity contribution in [2.75, 3.05) is 13.1 Å². The maximum Gasteiger partial charge on any atom is 0.410 e. The lowest BCUT2D eigenvalue weighted by atomic mass is 10.1. The van der Waals surface area contributed by atoms with E-state index in [1.165, 1.54) is 11.3 Å². The molecule has 0 aliphatic carbocycles. The summed E-state index contributed by atoms with van der Waals surface area (Å²) in [5, 5.41) is 0. The van der Waals surface area contributed by atoms with Crippen LogP contribution < -0.4 is 0 Å². The first-order valence-corrected chi connectivity index (χ1v) is 9.91. The average molecular weight is 411 g/mol. The predicted molar refractivity (Wildman–Crippen MR) is 107 cm³/mol. The van der Waals surface area contributed by atoms with Gasteiger partial charge >= 0.3 is 6.09 Å². The third kappa shape index (κ3) is 4.90. The lowest BCUT2D eigenvalue weighted by Crippen LogP contribution is -2.49. The molecule has 2 heterocycles. The number of ether oxygens (including phenoxy) is 1. The summed E-state index contributed by atoms with van der Waals surface area (Å²) in [4.78, 5) is 16.8. The minimum atomic E-state index is -0.442. The van der Waals surface area contributed by atoms with Crippen LogP contribution in [0.1, 0.15) is 54.4 Å². The van der Waals surface area contributed by atoms with Gasteiger partial charge in [-0.15, -0.1) is 0 Å². The maximum atomic E-state index is 12.4. The van der Waals surface area contributed by atoms with Crippen molar-refractivity contribution in [3.63, 3.8) is 0 Å². The fraction of sp³-hybridized carbons (Fsp3) is 0.650. The fourth-order valence-corrected chi connectivity index (χ4v) is 3.96. The summed E-state index contributed by atoms with van der Waals surface area (Å²) in [5.74, 6) is 0. The molecular formula is C20H31BrN2O2. The third-order valence-corrected chi connectivity index (χ3v) is 5.24. The van der Waals surface area contributed by atoms with Gasteiger partial charge in [0, 0.05) is 29.3 Å². The van der Waals surface area contributed by atoms with Gasteiger partial charge < -0.3 is 14.5 Å². The van der Waals surface area contributed by atoms with Crippen molar-refractivity contribution in [1.29, 1.82) is 0 Å². The van der Waals surface area contributed by atoms with Gasteiger partial charge in [-0.3, -0.25) is 0 Å². The number of hydrogen-bond donors (Lipinski definition) is 0. The number of carbonyl (C=O) groups is 1. The molecule has 0 aromatic carbocycles. The number of halogens is 1. The molecule has 0 saturated carbocycles. The molecule has 0 spiro atoms. The zero-order valence-electron chi connectivity index (χ0n) is 16.3. The predicted octanol–water partition coefficient (Wildman–Crippen LogP) is 5.22. The van der Waals surface area contributed by atoms with Crippen molar-refractivity contribution in [3.05, 3.63) is 34.0 Å². The molecule has 2 aliphatic heterocycles. The topological polar surface area (TPSA) is 32.8 Å². The van der Waals surface area contributed by atoms with Crippen LogP contribution in [0, 0.1) is 0 Å². The summed E-state index contributed by atoms with van der Waals surface area (Å²) < 4.78 is 6.64. The minimum Gasteiger partial charge on any atom is -0.444 e. The zero-order valence-corrected chi connectivity index (χ0v) is 17.9. The molecule has 4 nitrogen and oxygen atoms in total. The maximum absolute atomic E-state index is 12.4. The summed E-state index contributed by atoms with van der Waals surface area (Å²) in [7, 11) is 0. The van der Waals surface area contributed by atoms with E-state index in [0.717, 1.165) is 30.4 Å². The van der Waals surface area contributed by atoms with E-state index >= 15 is 0 Å². The quantitative estimate of drug-likeness (QED) is 0.595. The van der Waals surface area contributed by atoms with Crippen molar-refractivity contribution in [2.45, 2.75) is 72.1 Å². The molecule has 0 N–H and O–H groups in total. The highest BCUT2D eigenvalue weighted by Gasteiger charge is 2.47. The molecule has 0 aromatic rings. The molecular weight excluding hydrogens is 380 g/mol. The van der Waals surface area contributed by atoms with Crippen molar-refractivity contribution >= 4 is 22.0 Å². The Morgan fingerprint density at radius 2 is 1.84 bits per heavy atom. The number of fused-ring (bicyclic) bond motifs is 2. The highest BCUT2D eigenvalue weighted by atomic mass is 79.9. The van der Waals surface area contributed by atoms with Gasteiger partial charge in [-0.05, 0) is 53.5 Å². The van der Waals surface area contributed by atoms with Crippen molar-refractivity contribution in [1.82, 2.24) is 9.80 Å². The number of allylic oxidation sites excluding steroid dienone is 5. The first-order chi connectivity index (χ1) is 11.7. The number of nitrogens with zero attached hydrogens (tertiary/aromatic N) is 2. The van der Waals surface area contributed by atoms with Crippen molar-refractivity contribution < 1.29 is 9.53 Å². The van der Waals surface area contributed by atoms with Crippen LogP contribution >= 0.6 is 15.9 Å². The first kappa shape index (κ1) is 20.1. The average Bonchev–Trinajstić information content (AvgIpc) is 3.10. The van der Waals surface area contributed by atoms with Crippen LogP contribution in [0.5, 0.6) is 0 Å².